The molecule has 0 aromatic heterocycles. The molecule has 0 saturated heterocycles. The van der Waals surface area contributed by atoms with Crippen molar-refractivity contribution in [1.29, 1.82) is 0 Å². The highest BCUT2D eigenvalue weighted by molar-refractivity contribution is 7.93. The molecule has 74 valence electrons. The fourth-order valence-corrected chi connectivity index (χ4v) is 2.04. The molecule has 0 amide bonds. The summed E-state index contributed by atoms with van der Waals surface area (Å²) in [6.45, 7) is 0. The molecule has 1 heterocycles. The number of amidine groups is 1. The quantitative estimate of drug-likeness (QED) is 0.587. The molecular formula is C11H8N2OS. The summed E-state index contributed by atoms with van der Waals surface area (Å²) in [7, 11) is 0. The molecule has 15 heavy (non-hydrogen) atoms. The standard InChI is InChI=1S/C11H8N2OS/c1-2-6-9-8(4-1)5-3-7-10(9)11-12-14-15-13-11/h1-7H,(H,12,13). The molecular weight excluding hydrogens is 208 g/mol. The second-order valence-corrected chi connectivity index (χ2v) is 3.75. The molecule has 0 spiro atoms. The number of oxime groups is 1. The summed E-state index contributed by atoms with van der Waals surface area (Å²) in [5, 5.41) is 6.31. The molecule has 0 saturated carbocycles. The first kappa shape index (κ1) is 8.61. The van der Waals surface area contributed by atoms with Crippen molar-refractivity contribution in [2.24, 2.45) is 5.16 Å². The van der Waals surface area contributed by atoms with Gasteiger partial charge >= 0.3 is 0 Å². The van der Waals surface area contributed by atoms with E-state index in [0.29, 0.717) is 0 Å². The van der Waals surface area contributed by atoms with Crippen LogP contribution in [0.1, 0.15) is 5.56 Å². The maximum atomic E-state index is 4.85. The van der Waals surface area contributed by atoms with Gasteiger partial charge in [-0.25, -0.2) is 0 Å². The minimum Gasteiger partial charge on any atom is -0.297 e. The van der Waals surface area contributed by atoms with Crippen molar-refractivity contribution < 1.29 is 4.28 Å². The molecule has 0 bridgehead atoms. The van der Waals surface area contributed by atoms with Gasteiger partial charge in [-0.15, -0.1) is 0 Å². The van der Waals surface area contributed by atoms with Crippen molar-refractivity contribution in [1.82, 2.24) is 4.72 Å². The van der Waals surface area contributed by atoms with Crippen molar-refractivity contribution in [3.8, 4) is 0 Å². The Morgan fingerprint density at radius 2 is 1.93 bits per heavy atom. The van der Waals surface area contributed by atoms with Gasteiger partial charge in [-0.1, -0.05) is 42.5 Å². The lowest BCUT2D eigenvalue weighted by atomic mass is 10.0. The Kier molecular flexibility index (Phi) is 1.99. The van der Waals surface area contributed by atoms with Gasteiger partial charge in [-0.2, -0.15) is 0 Å². The van der Waals surface area contributed by atoms with Crippen LogP contribution in [0.4, 0.5) is 0 Å². The molecule has 2 aromatic carbocycles. The third-order valence-corrected chi connectivity index (χ3v) is 2.77. The van der Waals surface area contributed by atoms with Gasteiger partial charge in [0.25, 0.3) is 0 Å². The lowest BCUT2D eigenvalue weighted by molar-refractivity contribution is 0.416. The SMILES string of the molecule is c1ccc2c(C3=NOSN3)cccc2c1. The molecule has 1 aliphatic rings. The molecule has 0 radical (unpaired) electrons. The van der Waals surface area contributed by atoms with Gasteiger partial charge in [0.1, 0.15) is 0 Å². The van der Waals surface area contributed by atoms with E-state index in [4.69, 9.17) is 4.28 Å². The fourth-order valence-electron chi connectivity index (χ4n) is 1.67. The second-order valence-electron chi connectivity index (χ2n) is 3.23. The normalized spacial score (nSPS) is 14.5. The van der Waals surface area contributed by atoms with E-state index in [1.807, 2.05) is 24.3 Å². The molecule has 1 N–H and O–H groups in total. The van der Waals surface area contributed by atoms with Gasteiger partial charge in [0.05, 0.1) is 0 Å². The summed E-state index contributed by atoms with van der Waals surface area (Å²) in [5.74, 6) is 0.775. The summed E-state index contributed by atoms with van der Waals surface area (Å²) in [6, 6.07) is 14.4. The van der Waals surface area contributed by atoms with E-state index in [9.17, 15) is 0 Å². The van der Waals surface area contributed by atoms with Crippen LogP contribution in [0.15, 0.2) is 47.6 Å². The van der Waals surface area contributed by atoms with E-state index in [2.05, 4.69) is 28.1 Å². The molecule has 3 rings (SSSR count). The summed E-state index contributed by atoms with van der Waals surface area (Å²) < 4.78 is 7.86. The first-order valence-electron chi connectivity index (χ1n) is 4.60. The number of fused-ring (bicyclic) bond motifs is 1. The van der Waals surface area contributed by atoms with Crippen LogP contribution in [0, 0.1) is 0 Å². The zero-order valence-corrected chi connectivity index (χ0v) is 8.62. The van der Waals surface area contributed by atoms with Crippen LogP contribution in [0.25, 0.3) is 10.8 Å². The first-order valence-corrected chi connectivity index (χ1v) is 5.34. The molecule has 0 atom stereocenters. The zero-order chi connectivity index (χ0) is 10.1. The van der Waals surface area contributed by atoms with Gasteiger partial charge in [-0.3, -0.25) is 9.01 Å². The fraction of sp³-hybridized carbons (Fsp3) is 0. The van der Waals surface area contributed by atoms with Crippen LogP contribution >= 0.6 is 12.2 Å². The van der Waals surface area contributed by atoms with E-state index in [1.165, 1.54) is 10.8 Å². The predicted molar refractivity (Wildman–Crippen MR) is 62.3 cm³/mol. The maximum absolute atomic E-state index is 4.85. The Hall–Kier alpha value is -1.68. The molecule has 0 fully saturated rings. The van der Waals surface area contributed by atoms with E-state index < -0.39 is 0 Å². The van der Waals surface area contributed by atoms with Crippen molar-refractivity contribution >= 4 is 28.8 Å². The maximum Gasteiger partial charge on any atom is 0.208 e. The Labute approximate surface area is 91.5 Å². The molecule has 0 unspecified atom stereocenters. The van der Waals surface area contributed by atoms with Gasteiger partial charge in [-0.05, 0) is 15.9 Å². The van der Waals surface area contributed by atoms with E-state index >= 15 is 0 Å². The van der Waals surface area contributed by atoms with Gasteiger partial charge in [0, 0.05) is 5.56 Å². The highest BCUT2D eigenvalue weighted by Crippen LogP contribution is 2.21. The third kappa shape index (κ3) is 1.43. The number of nitrogens with one attached hydrogen (secondary N) is 1. The van der Waals surface area contributed by atoms with Crippen LogP contribution in [0.5, 0.6) is 0 Å². The lowest BCUT2D eigenvalue weighted by Crippen LogP contribution is -2.12. The summed E-state index contributed by atoms with van der Waals surface area (Å²) in [4.78, 5) is 0. The van der Waals surface area contributed by atoms with Crippen molar-refractivity contribution in [3.05, 3.63) is 48.0 Å². The largest absolute Gasteiger partial charge is 0.297 e. The Bertz CT molecular complexity index is 534. The number of rotatable bonds is 1. The van der Waals surface area contributed by atoms with Crippen LogP contribution in [-0.2, 0) is 4.28 Å². The van der Waals surface area contributed by atoms with Crippen molar-refractivity contribution in [3.63, 3.8) is 0 Å². The van der Waals surface area contributed by atoms with E-state index in [1.54, 1.807) is 0 Å². The number of nitrogens with zero attached hydrogens (tertiary/aromatic N) is 1. The number of benzene rings is 2. The zero-order valence-electron chi connectivity index (χ0n) is 7.81. The summed E-state index contributed by atoms with van der Waals surface area (Å²) >= 11 is 1.13. The predicted octanol–water partition coefficient (Wildman–Crippen LogP) is 2.68. The topological polar surface area (TPSA) is 33.6 Å². The number of hydrogen-bond acceptors (Lipinski definition) is 4. The van der Waals surface area contributed by atoms with Crippen molar-refractivity contribution in [2.75, 3.05) is 0 Å². The third-order valence-electron chi connectivity index (χ3n) is 2.35. The smallest absolute Gasteiger partial charge is 0.208 e. The van der Waals surface area contributed by atoms with E-state index in [0.717, 1.165) is 23.6 Å². The minimum absolute atomic E-state index is 0.775. The molecule has 3 nitrogen and oxygen atoms in total. The van der Waals surface area contributed by atoms with E-state index in [-0.39, 0.29) is 0 Å². The summed E-state index contributed by atoms with van der Waals surface area (Å²) in [6.07, 6.45) is 0. The van der Waals surface area contributed by atoms with Crippen LogP contribution in [0.3, 0.4) is 0 Å². The van der Waals surface area contributed by atoms with Gasteiger partial charge in [0.2, 0.25) is 12.2 Å². The highest BCUT2D eigenvalue weighted by atomic mass is 32.2. The van der Waals surface area contributed by atoms with Gasteiger partial charge < -0.3 is 0 Å². The second kappa shape index (κ2) is 3.47. The molecule has 2 aromatic rings. The monoisotopic (exact) mass is 216 g/mol. The van der Waals surface area contributed by atoms with Crippen LogP contribution < -0.4 is 4.72 Å². The lowest BCUT2D eigenvalue weighted by Gasteiger charge is -2.03. The van der Waals surface area contributed by atoms with Crippen molar-refractivity contribution in [2.45, 2.75) is 0 Å². The molecule has 4 heteroatoms. The Morgan fingerprint density at radius 1 is 1.07 bits per heavy atom. The minimum atomic E-state index is 0.775. The molecule has 1 aliphatic heterocycles. The Balaban J connectivity index is 2.26. The van der Waals surface area contributed by atoms with Crippen LogP contribution in [0.2, 0.25) is 0 Å². The van der Waals surface area contributed by atoms with Gasteiger partial charge in [0.15, 0.2) is 5.84 Å². The number of hydrogen-bond donors (Lipinski definition) is 1. The van der Waals surface area contributed by atoms with Crippen LogP contribution in [-0.4, -0.2) is 5.84 Å². The Morgan fingerprint density at radius 3 is 2.80 bits per heavy atom. The average molecular weight is 216 g/mol. The summed E-state index contributed by atoms with van der Waals surface area (Å²) in [5.41, 5.74) is 1.07. The average Bonchev–Trinajstić information content (AvgIpc) is 2.82. The highest BCUT2D eigenvalue weighted by Gasteiger charge is 2.13. The first-order chi connectivity index (χ1) is 7.45. The molecule has 0 aliphatic carbocycles.